The quantitative estimate of drug-likeness (QED) is 0.789. The smallest absolute Gasteiger partial charge is 0.307 e. The van der Waals surface area contributed by atoms with Gasteiger partial charge in [0.05, 0.1) is 12.2 Å². The largest absolute Gasteiger partial charge is 0.481 e. The highest BCUT2D eigenvalue weighted by Crippen LogP contribution is 2.13. The molecule has 98 valence electrons. The normalized spacial score (nSPS) is 10.1. The summed E-state index contributed by atoms with van der Waals surface area (Å²) in [5.41, 5.74) is 1.89. The third-order valence-electron chi connectivity index (χ3n) is 2.25. The zero-order chi connectivity index (χ0) is 13.4. The average molecular weight is 267 g/mol. The molecule has 4 nitrogen and oxygen atoms in total. The van der Waals surface area contributed by atoms with Gasteiger partial charge in [-0.1, -0.05) is 24.3 Å². The van der Waals surface area contributed by atoms with Crippen molar-refractivity contribution in [1.82, 2.24) is 5.32 Å². The van der Waals surface area contributed by atoms with E-state index < -0.39 is 5.97 Å². The van der Waals surface area contributed by atoms with Crippen LogP contribution in [0.25, 0.3) is 0 Å². The summed E-state index contributed by atoms with van der Waals surface area (Å²) >= 11 is 1.55. The molecule has 2 N–H and O–H groups in total. The number of carbonyl (C=O) groups is 2. The number of rotatable bonds is 7. The first-order valence-electron chi connectivity index (χ1n) is 5.76. The summed E-state index contributed by atoms with van der Waals surface area (Å²) < 4.78 is 0. The number of benzene rings is 1. The van der Waals surface area contributed by atoms with Gasteiger partial charge in [-0.3, -0.25) is 9.59 Å². The third-order valence-corrected chi connectivity index (χ3v) is 3.26. The standard InChI is InChI=1S/C13H17NO3S/c1-2-14-12(15)9-18-8-11-5-3-10(4-6-11)7-13(16)17/h3-6H,2,7-9H2,1H3,(H,14,15)(H,16,17). The molecule has 0 aromatic heterocycles. The molecule has 0 fully saturated rings. The fraction of sp³-hybridized carbons (Fsp3) is 0.385. The van der Waals surface area contributed by atoms with Crippen LogP contribution >= 0.6 is 11.8 Å². The lowest BCUT2D eigenvalue weighted by Gasteiger charge is -2.04. The number of amides is 1. The molecule has 1 aromatic rings. The zero-order valence-corrected chi connectivity index (χ0v) is 11.1. The van der Waals surface area contributed by atoms with E-state index in [4.69, 9.17) is 5.11 Å². The topological polar surface area (TPSA) is 66.4 Å². The molecular weight excluding hydrogens is 250 g/mol. The first kappa shape index (κ1) is 14.6. The van der Waals surface area contributed by atoms with E-state index in [9.17, 15) is 9.59 Å². The average Bonchev–Trinajstić information content (AvgIpc) is 2.31. The predicted molar refractivity (Wildman–Crippen MR) is 72.6 cm³/mol. The molecule has 0 aliphatic heterocycles. The molecule has 5 heteroatoms. The summed E-state index contributed by atoms with van der Waals surface area (Å²) in [5, 5.41) is 11.4. The zero-order valence-electron chi connectivity index (χ0n) is 10.3. The van der Waals surface area contributed by atoms with Crippen LogP contribution in [-0.2, 0) is 21.8 Å². The van der Waals surface area contributed by atoms with Crippen molar-refractivity contribution in [3.05, 3.63) is 35.4 Å². The van der Waals surface area contributed by atoms with E-state index in [1.807, 2.05) is 31.2 Å². The first-order chi connectivity index (χ1) is 8.61. The van der Waals surface area contributed by atoms with Crippen molar-refractivity contribution >= 4 is 23.6 Å². The summed E-state index contributed by atoms with van der Waals surface area (Å²) in [4.78, 5) is 21.7. The first-order valence-corrected chi connectivity index (χ1v) is 6.91. The highest BCUT2D eigenvalue weighted by atomic mass is 32.2. The Hall–Kier alpha value is -1.49. The molecule has 0 aliphatic carbocycles. The van der Waals surface area contributed by atoms with Crippen LogP contribution in [0.15, 0.2) is 24.3 Å². The van der Waals surface area contributed by atoms with Gasteiger partial charge in [0.15, 0.2) is 0 Å². The van der Waals surface area contributed by atoms with Gasteiger partial charge >= 0.3 is 5.97 Å². The molecular formula is C13H17NO3S. The van der Waals surface area contributed by atoms with E-state index >= 15 is 0 Å². The summed E-state index contributed by atoms with van der Waals surface area (Å²) in [6.45, 7) is 2.55. The number of carboxylic acids is 1. The minimum atomic E-state index is -0.826. The van der Waals surface area contributed by atoms with Gasteiger partial charge in [0.25, 0.3) is 0 Å². The number of thioether (sulfide) groups is 1. The molecule has 18 heavy (non-hydrogen) atoms. The number of aliphatic carboxylic acids is 1. The highest BCUT2D eigenvalue weighted by Gasteiger charge is 2.02. The number of carbonyl (C=O) groups excluding carboxylic acids is 1. The second kappa shape index (κ2) is 7.76. The molecule has 0 bridgehead atoms. The number of hydrogen-bond acceptors (Lipinski definition) is 3. The Morgan fingerprint density at radius 2 is 1.83 bits per heavy atom. The summed E-state index contributed by atoms with van der Waals surface area (Å²) in [7, 11) is 0. The fourth-order valence-electron chi connectivity index (χ4n) is 1.44. The maximum Gasteiger partial charge on any atom is 0.307 e. The van der Waals surface area contributed by atoms with Crippen LogP contribution in [-0.4, -0.2) is 29.3 Å². The minimum absolute atomic E-state index is 0.0463. The van der Waals surface area contributed by atoms with E-state index in [-0.39, 0.29) is 12.3 Å². The van der Waals surface area contributed by atoms with Crippen LogP contribution in [0.5, 0.6) is 0 Å². The summed E-state index contributed by atoms with van der Waals surface area (Å²) in [6.07, 6.45) is 0.0479. The lowest BCUT2D eigenvalue weighted by Crippen LogP contribution is -2.24. The predicted octanol–water partition coefficient (Wildman–Crippen LogP) is 1.68. The van der Waals surface area contributed by atoms with Crippen LogP contribution in [0.3, 0.4) is 0 Å². The van der Waals surface area contributed by atoms with Crippen molar-refractivity contribution < 1.29 is 14.7 Å². The highest BCUT2D eigenvalue weighted by molar-refractivity contribution is 7.99. The van der Waals surface area contributed by atoms with Crippen LogP contribution < -0.4 is 5.32 Å². The second-order valence-electron chi connectivity index (χ2n) is 3.83. The van der Waals surface area contributed by atoms with Crippen molar-refractivity contribution in [3.8, 4) is 0 Å². The van der Waals surface area contributed by atoms with Gasteiger partial charge in [0, 0.05) is 12.3 Å². The Balaban J connectivity index is 2.35. The Labute approximate surface area is 111 Å². The number of nitrogens with one attached hydrogen (secondary N) is 1. The monoisotopic (exact) mass is 267 g/mol. The third kappa shape index (κ3) is 5.72. The van der Waals surface area contributed by atoms with E-state index in [1.54, 1.807) is 11.8 Å². The van der Waals surface area contributed by atoms with Gasteiger partial charge in [-0.2, -0.15) is 0 Å². The second-order valence-corrected chi connectivity index (χ2v) is 4.82. The van der Waals surface area contributed by atoms with Gasteiger partial charge in [0.1, 0.15) is 0 Å². The molecule has 0 heterocycles. The van der Waals surface area contributed by atoms with E-state index in [0.717, 1.165) is 16.9 Å². The molecule has 1 aromatic carbocycles. The molecule has 1 rings (SSSR count). The molecule has 0 radical (unpaired) electrons. The van der Waals surface area contributed by atoms with Crippen molar-refractivity contribution in [2.75, 3.05) is 12.3 Å². The van der Waals surface area contributed by atoms with Crippen LogP contribution in [0, 0.1) is 0 Å². The van der Waals surface area contributed by atoms with Gasteiger partial charge in [-0.25, -0.2) is 0 Å². The van der Waals surface area contributed by atoms with E-state index in [1.165, 1.54) is 0 Å². The molecule has 0 saturated heterocycles. The van der Waals surface area contributed by atoms with Crippen LogP contribution in [0.1, 0.15) is 18.1 Å². The molecule has 1 amide bonds. The van der Waals surface area contributed by atoms with E-state index in [2.05, 4.69) is 5.32 Å². The summed E-state index contributed by atoms with van der Waals surface area (Å²) in [6, 6.07) is 7.44. The van der Waals surface area contributed by atoms with Gasteiger partial charge < -0.3 is 10.4 Å². The lowest BCUT2D eigenvalue weighted by atomic mass is 10.1. The van der Waals surface area contributed by atoms with Crippen LogP contribution in [0.4, 0.5) is 0 Å². The Bertz CT molecular complexity index is 403. The SMILES string of the molecule is CCNC(=O)CSCc1ccc(CC(=O)O)cc1. The van der Waals surface area contributed by atoms with E-state index in [0.29, 0.717) is 12.3 Å². The van der Waals surface area contributed by atoms with Gasteiger partial charge in [-0.05, 0) is 18.1 Å². The maximum absolute atomic E-state index is 11.2. The molecule has 0 aliphatic rings. The molecule has 0 atom stereocenters. The number of hydrogen-bond donors (Lipinski definition) is 2. The van der Waals surface area contributed by atoms with Crippen molar-refractivity contribution in [3.63, 3.8) is 0 Å². The van der Waals surface area contributed by atoms with Crippen molar-refractivity contribution in [2.45, 2.75) is 19.1 Å². The Kier molecular flexibility index (Phi) is 6.28. The van der Waals surface area contributed by atoms with Crippen molar-refractivity contribution in [2.24, 2.45) is 0 Å². The lowest BCUT2D eigenvalue weighted by molar-refractivity contribution is -0.136. The van der Waals surface area contributed by atoms with Crippen molar-refractivity contribution in [1.29, 1.82) is 0 Å². The van der Waals surface area contributed by atoms with Crippen LogP contribution in [0.2, 0.25) is 0 Å². The van der Waals surface area contributed by atoms with Gasteiger partial charge in [-0.15, -0.1) is 11.8 Å². The fourth-order valence-corrected chi connectivity index (χ4v) is 2.26. The number of carboxylic acid groups (broad SMARTS) is 1. The van der Waals surface area contributed by atoms with Gasteiger partial charge in [0.2, 0.25) is 5.91 Å². The maximum atomic E-state index is 11.2. The Morgan fingerprint density at radius 3 is 2.39 bits per heavy atom. The molecule has 0 spiro atoms. The summed E-state index contributed by atoms with van der Waals surface area (Å²) in [5.74, 6) is 0.424. The molecule has 0 saturated carbocycles. The Morgan fingerprint density at radius 1 is 1.22 bits per heavy atom. The minimum Gasteiger partial charge on any atom is -0.481 e. The molecule has 0 unspecified atom stereocenters.